The summed E-state index contributed by atoms with van der Waals surface area (Å²) in [5, 5.41) is 0.928. The average Bonchev–Trinajstić information content (AvgIpc) is 1.90. The van der Waals surface area contributed by atoms with Crippen molar-refractivity contribution >= 4 is 39.0 Å². The third kappa shape index (κ3) is 9.08. The molecular weight excluding hydrogens is 220 g/mol. The van der Waals surface area contributed by atoms with Crippen LogP contribution in [0.1, 0.15) is 23.1 Å². The van der Waals surface area contributed by atoms with E-state index in [1.165, 1.54) is 0 Å². The van der Waals surface area contributed by atoms with Gasteiger partial charge < -0.3 is 12.3 Å². The largest absolute Gasteiger partial charge is 2.00 e. The van der Waals surface area contributed by atoms with E-state index in [0.717, 1.165) is 25.0 Å². The van der Waals surface area contributed by atoms with Crippen LogP contribution in [-0.2, 0) is 9.47 Å². The van der Waals surface area contributed by atoms with Crippen LogP contribution < -0.4 is 0 Å². The molecule has 0 saturated heterocycles. The van der Waals surface area contributed by atoms with Gasteiger partial charge in [0.2, 0.25) is 0 Å². The molecule has 0 aromatic rings. The van der Waals surface area contributed by atoms with Gasteiger partial charge in [-0.25, -0.2) is 0 Å². The fourth-order valence-electron chi connectivity index (χ4n) is 0.676. The molecule has 0 aromatic heterocycles. The maximum atomic E-state index is 5.27. The zero-order valence-corrected chi connectivity index (χ0v) is 10.3. The van der Waals surface area contributed by atoms with Crippen LogP contribution in [0.25, 0.3) is 0 Å². The second-order valence-corrected chi connectivity index (χ2v) is 2.61. The molecule has 0 saturated carbocycles. The van der Waals surface area contributed by atoms with Crippen molar-refractivity contribution in [3.63, 3.8) is 0 Å². The third-order valence-electron chi connectivity index (χ3n) is 1.05. The van der Waals surface area contributed by atoms with E-state index in [-0.39, 0.29) is 32.2 Å². The minimum absolute atomic E-state index is 0. The van der Waals surface area contributed by atoms with E-state index in [4.69, 9.17) is 9.47 Å². The van der Waals surface area contributed by atoms with Crippen LogP contribution in [0, 0.1) is 0 Å². The second-order valence-electron chi connectivity index (χ2n) is 1.82. The summed E-state index contributed by atoms with van der Waals surface area (Å²) in [6.07, 6.45) is 0.899. The quantitative estimate of drug-likeness (QED) is 0.400. The molecule has 4 heteroatoms. The molecule has 0 heterocycles. The third-order valence-corrected chi connectivity index (χ3v) is 1.51. The van der Waals surface area contributed by atoms with Crippen LogP contribution in [0.3, 0.4) is 0 Å². The number of ether oxygens (including phenoxy) is 2. The first-order valence-electron chi connectivity index (χ1n) is 3.64. The van der Waals surface area contributed by atoms with Crippen LogP contribution in [0.2, 0.25) is 0 Å². The minimum atomic E-state index is -0.0191. The van der Waals surface area contributed by atoms with Crippen molar-refractivity contribution in [1.29, 1.82) is 0 Å². The predicted octanol–water partition coefficient (Wildman–Crippen LogP) is 2.01. The Labute approximate surface area is 96.3 Å². The molecule has 0 atom stereocenters. The van der Waals surface area contributed by atoms with Gasteiger partial charge in [-0.05, 0) is 13.8 Å². The number of halogens is 1. The topological polar surface area (TPSA) is 18.5 Å². The van der Waals surface area contributed by atoms with E-state index < -0.39 is 0 Å². The van der Waals surface area contributed by atoms with Gasteiger partial charge in [0.1, 0.15) is 0 Å². The summed E-state index contributed by atoms with van der Waals surface area (Å²) in [6.45, 7) is 5.38. The molecule has 0 aliphatic rings. The van der Waals surface area contributed by atoms with E-state index in [9.17, 15) is 0 Å². The number of hydrogen-bond acceptors (Lipinski definition) is 2. The molecule has 0 radical (unpaired) electrons. The Morgan fingerprint density at radius 1 is 1.27 bits per heavy atom. The first-order valence-corrected chi connectivity index (χ1v) is 4.76. The maximum Gasteiger partial charge on any atom is 2.00 e. The van der Waals surface area contributed by atoms with Crippen LogP contribution in [-0.4, -0.2) is 47.9 Å². The fourth-order valence-corrected chi connectivity index (χ4v) is 1.05. The van der Waals surface area contributed by atoms with Crippen molar-refractivity contribution in [2.45, 2.75) is 26.6 Å². The van der Waals surface area contributed by atoms with E-state index >= 15 is 0 Å². The van der Waals surface area contributed by atoms with Gasteiger partial charge >= 0.3 is 23.1 Å². The van der Waals surface area contributed by atoms with Gasteiger partial charge in [0.05, 0.1) is 0 Å². The molecular formula is C7H17BrMgO2. The Morgan fingerprint density at radius 3 is 2.00 bits per heavy atom. The van der Waals surface area contributed by atoms with Crippen LogP contribution in [0.15, 0.2) is 0 Å². The Balaban J connectivity index is -0.000000135. The number of rotatable bonds is 6. The van der Waals surface area contributed by atoms with E-state index in [1.807, 2.05) is 13.8 Å². The Kier molecular flexibility index (Phi) is 14.9. The Bertz CT molecular complexity index is 67.2. The summed E-state index contributed by atoms with van der Waals surface area (Å²) in [5.41, 5.74) is 0. The Morgan fingerprint density at radius 2 is 1.73 bits per heavy atom. The van der Waals surface area contributed by atoms with Gasteiger partial charge in [0.25, 0.3) is 0 Å². The molecule has 0 bridgehead atoms. The molecule has 0 aliphatic carbocycles. The molecule has 66 valence electrons. The predicted molar refractivity (Wildman–Crippen MR) is 53.4 cm³/mol. The summed E-state index contributed by atoms with van der Waals surface area (Å²) in [4.78, 5) is 0. The molecule has 2 nitrogen and oxygen atoms in total. The van der Waals surface area contributed by atoms with Gasteiger partial charge in [-0.3, -0.25) is 0 Å². The summed E-state index contributed by atoms with van der Waals surface area (Å²) < 4.78 is 10.5. The van der Waals surface area contributed by atoms with Gasteiger partial charge in [0.15, 0.2) is 6.29 Å². The second kappa shape index (κ2) is 11.2. The first kappa shape index (κ1) is 14.7. The Hall–Kier alpha value is 1.17. The van der Waals surface area contributed by atoms with Gasteiger partial charge in [0, 0.05) is 25.0 Å². The zero-order chi connectivity index (χ0) is 7.82. The molecule has 0 N–H and O–H groups in total. The van der Waals surface area contributed by atoms with E-state index in [2.05, 4.69) is 15.9 Å². The average molecular weight is 237 g/mol. The van der Waals surface area contributed by atoms with Crippen molar-refractivity contribution in [3.8, 4) is 0 Å². The van der Waals surface area contributed by atoms with E-state index in [1.54, 1.807) is 0 Å². The van der Waals surface area contributed by atoms with Crippen molar-refractivity contribution in [2.75, 3.05) is 18.5 Å². The fraction of sp³-hybridized carbons (Fsp3) is 1.00. The SMILES string of the molecule is CCOC(CCBr)OCC.[H-].[H-].[Mg+2]. The van der Waals surface area contributed by atoms with Crippen LogP contribution in [0.4, 0.5) is 0 Å². The van der Waals surface area contributed by atoms with Crippen molar-refractivity contribution in [3.05, 3.63) is 0 Å². The molecule has 0 aliphatic heterocycles. The van der Waals surface area contributed by atoms with Crippen molar-refractivity contribution in [1.82, 2.24) is 0 Å². The number of alkyl halides is 1. The first-order chi connectivity index (χ1) is 4.85. The van der Waals surface area contributed by atoms with Crippen LogP contribution in [0.5, 0.6) is 0 Å². The zero-order valence-electron chi connectivity index (χ0n) is 9.31. The molecule has 11 heavy (non-hydrogen) atoms. The summed E-state index contributed by atoms with van der Waals surface area (Å²) in [7, 11) is 0. The monoisotopic (exact) mass is 236 g/mol. The molecule has 0 spiro atoms. The van der Waals surface area contributed by atoms with Crippen LogP contribution >= 0.6 is 15.9 Å². The summed E-state index contributed by atoms with van der Waals surface area (Å²) in [6, 6.07) is 0. The summed E-state index contributed by atoms with van der Waals surface area (Å²) in [5.74, 6) is 0. The number of hydrogen-bond donors (Lipinski definition) is 0. The standard InChI is InChI=1S/C7H15BrO2.Mg.2H/c1-3-9-7(5-6-8)10-4-2;;;/h7H,3-6H2,1-2H3;;;/q;+2;2*-1. The van der Waals surface area contributed by atoms with Gasteiger partial charge in [-0.1, -0.05) is 15.9 Å². The summed E-state index contributed by atoms with van der Waals surface area (Å²) >= 11 is 3.33. The molecule has 0 unspecified atom stereocenters. The maximum absolute atomic E-state index is 5.27. The van der Waals surface area contributed by atoms with Gasteiger partial charge in [-0.15, -0.1) is 0 Å². The molecule has 0 aromatic carbocycles. The van der Waals surface area contributed by atoms with Crippen molar-refractivity contribution in [2.24, 2.45) is 0 Å². The van der Waals surface area contributed by atoms with Crippen molar-refractivity contribution < 1.29 is 12.3 Å². The minimum Gasteiger partial charge on any atom is -1.00 e. The molecule has 0 fully saturated rings. The van der Waals surface area contributed by atoms with E-state index in [0.29, 0.717) is 0 Å². The molecule has 0 amide bonds. The smallest absolute Gasteiger partial charge is 1.00 e. The normalized spacial score (nSPS) is 9.82. The van der Waals surface area contributed by atoms with Gasteiger partial charge in [-0.2, -0.15) is 0 Å². The molecule has 0 rings (SSSR count).